The lowest BCUT2D eigenvalue weighted by molar-refractivity contribution is 0.0242. The summed E-state index contributed by atoms with van der Waals surface area (Å²) in [5, 5.41) is 17.4. The Morgan fingerprint density at radius 2 is 2.21 bits per heavy atom. The van der Waals surface area contributed by atoms with Crippen molar-refractivity contribution in [2.24, 2.45) is 5.92 Å². The summed E-state index contributed by atoms with van der Waals surface area (Å²) in [5.41, 5.74) is 0.979. The van der Waals surface area contributed by atoms with Gasteiger partial charge >= 0.3 is 5.97 Å². The zero-order valence-corrected chi connectivity index (χ0v) is 14.3. The van der Waals surface area contributed by atoms with Crippen LogP contribution in [0.5, 0.6) is 0 Å². The first-order valence-electron chi connectivity index (χ1n) is 7.58. The number of aromatic nitrogens is 2. The summed E-state index contributed by atoms with van der Waals surface area (Å²) in [5.74, 6) is -0.962. The van der Waals surface area contributed by atoms with Gasteiger partial charge in [0.2, 0.25) is 0 Å². The predicted octanol–water partition coefficient (Wildman–Crippen LogP) is 2.87. The summed E-state index contributed by atoms with van der Waals surface area (Å²) in [4.78, 5) is 11.0. The summed E-state index contributed by atoms with van der Waals surface area (Å²) in [7, 11) is 0. The van der Waals surface area contributed by atoms with E-state index < -0.39 is 5.97 Å². The molecule has 1 fully saturated rings. The minimum absolute atomic E-state index is 0.0311. The summed E-state index contributed by atoms with van der Waals surface area (Å²) in [6.07, 6.45) is 1.49. The number of nitrogens with zero attached hydrogens (tertiary/aromatic N) is 2. The first-order valence-corrected chi connectivity index (χ1v) is 8.34. The Labute approximate surface area is 149 Å². The Hall–Kier alpha value is -1.60. The molecule has 6 nitrogen and oxygen atoms in total. The molecule has 0 saturated carbocycles. The molecule has 1 aliphatic rings. The number of carboxylic acids is 1. The quantitative estimate of drug-likeness (QED) is 0.866. The van der Waals surface area contributed by atoms with E-state index in [0.29, 0.717) is 23.2 Å². The van der Waals surface area contributed by atoms with Crippen LogP contribution in [-0.4, -0.2) is 40.6 Å². The van der Waals surface area contributed by atoms with E-state index in [1.807, 2.05) is 12.1 Å². The molecular formula is C16H17Cl2N3O3. The van der Waals surface area contributed by atoms with E-state index in [-0.39, 0.29) is 17.7 Å². The van der Waals surface area contributed by atoms with Gasteiger partial charge in [0.25, 0.3) is 0 Å². The molecule has 3 rings (SSSR count). The molecule has 1 aliphatic heterocycles. The number of halogens is 2. The van der Waals surface area contributed by atoms with Gasteiger partial charge in [-0.3, -0.25) is 4.68 Å². The molecule has 1 aromatic carbocycles. The Bertz CT molecular complexity index is 735. The van der Waals surface area contributed by atoms with Gasteiger partial charge in [0, 0.05) is 31.7 Å². The summed E-state index contributed by atoms with van der Waals surface area (Å²) in [6.45, 7) is 2.60. The number of nitrogens with one attached hydrogen (secondary N) is 1. The first kappa shape index (κ1) is 17.2. The van der Waals surface area contributed by atoms with E-state index >= 15 is 0 Å². The van der Waals surface area contributed by atoms with E-state index in [2.05, 4.69) is 10.4 Å². The first-order chi connectivity index (χ1) is 11.5. The molecule has 2 N–H and O–H groups in total. The molecule has 8 heteroatoms. The molecule has 2 atom stereocenters. The van der Waals surface area contributed by atoms with Crippen molar-refractivity contribution >= 4 is 29.2 Å². The fraction of sp³-hybridized carbons (Fsp3) is 0.375. The highest BCUT2D eigenvalue weighted by Gasteiger charge is 2.27. The Balaban J connectivity index is 1.83. The molecule has 2 heterocycles. The molecule has 0 spiro atoms. The highest BCUT2D eigenvalue weighted by atomic mass is 35.5. The third-order valence-corrected chi connectivity index (χ3v) is 4.70. The van der Waals surface area contributed by atoms with Crippen molar-refractivity contribution in [2.45, 2.75) is 12.6 Å². The van der Waals surface area contributed by atoms with Crippen LogP contribution in [-0.2, 0) is 11.3 Å². The average molecular weight is 370 g/mol. The van der Waals surface area contributed by atoms with Crippen molar-refractivity contribution in [1.82, 2.24) is 15.1 Å². The van der Waals surface area contributed by atoms with E-state index in [1.54, 1.807) is 16.9 Å². The van der Waals surface area contributed by atoms with Gasteiger partial charge < -0.3 is 15.2 Å². The minimum atomic E-state index is -1.04. The number of aromatic carboxylic acids is 1. The van der Waals surface area contributed by atoms with Gasteiger partial charge in [-0.25, -0.2) is 4.79 Å². The molecule has 2 unspecified atom stereocenters. The maximum absolute atomic E-state index is 11.0. The van der Waals surface area contributed by atoms with Crippen LogP contribution in [0, 0.1) is 5.92 Å². The number of carbonyl (C=O) groups is 1. The van der Waals surface area contributed by atoms with E-state index in [1.165, 1.54) is 6.07 Å². The zero-order valence-electron chi connectivity index (χ0n) is 12.8. The lowest BCUT2D eigenvalue weighted by Gasteiger charge is -2.25. The highest BCUT2D eigenvalue weighted by Crippen LogP contribution is 2.32. The molecule has 1 saturated heterocycles. The van der Waals surface area contributed by atoms with E-state index in [0.717, 1.165) is 18.7 Å². The second-order valence-corrected chi connectivity index (χ2v) is 6.47. The van der Waals surface area contributed by atoms with Gasteiger partial charge in [-0.15, -0.1) is 0 Å². The normalized spacial score (nSPS) is 21.4. The minimum Gasteiger partial charge on any atom is -0.476 e. The Morgan fingerprint density at radius 1 is 1.38 bits per heavy atom. The molecule has 0 amide bonds. The van der Waals surface area contributed by atoms with Gasteiger partial charge in [-0.05, 0) is 23.8 Å². The third-order valence-electron chi connectivity index (χ3n) is 3.96. The highest BCUT2D eigenvalue weighted by molar-refractivity contribution is 6.42. The van der Waals surface area contributed by atoms with Crippen molar-refractivity contribution in [2.75, 3.05) is 19.7 Å². The molecule has 0 radical (unpaired) electrons. The lowest BCUT2D eigenvalue weighted by atomic mass is 9.95. The maximum Gasteiger partial charge on any atom is 0.356 e. The standard InChI is InChI=1S/C16H17Cl2N3O3/c17-12-2-1-10(7-13(12)18)15-11(8-19-4-6-24-15)9-21-5-3-14(20-21)16(22)23/h1-3,5,7,11,15,19H,4,6,8-9H2,(H,22,23). The van der Waals surface area contributed by atoms with Gasteiger partial charge in [0.15, 0.2) is 5.69 Å². The predicted molar refractivity (Wildman–Crippen MR) is 90.7 cm³/mol. The molecule has 24 heavy (non-hydrogen) atoms. The van der Waals surface area contributed by atoms with Crippen LogP contribution >= 0.6 is 23.2 Å². The topological polar surface area (TPSA) is 76.4 Å². The van der Waals surface area contributed by atoms with Crippen molar-refractivity contribution < 1.29 is 14.6 Å². The summed E-state index contributed by atoms with van der Waals surface area (Å²) in [6, 6.07) is 6.97. The zero-order chi connectivity index (χ0) is 17.1. The Morgan fingerprint density at radius 3 is 2.92 bits per heavy atom. The van der Waals surface area contributed by atoms with Crippen LogP contribution in [0.25, 0.3) is 0 Å². The number of carboxylic acid groups (broad SMARTS) is 1. The number of hydrogen-bond donors (Lipinski definition) is 2. The van der Waals surface area contributed by atoms with Gasteiger partial charge in [-0.1, -0.05) is 29.3 Å². The lowest BCUT2D eigenvalue weighted by Crippen LogP contribution is -2.28. The van der Waals surface area contributed by atoms with Crippen LogP contribution < -0.4 is 5.32 Å². The summed E-state index contributed by atoms with van der Waals surface area (Å²) < 4.78 is 7.64. The molecule has 128 valence electrons. The van der Waals surface area contributed by atoms with E-state index in [4.69, 9.17) is 33.0 Å². The van der Waals surface area contributed by atoms with Crippen LogP contribution in [0.2, 0.25) is 10.0 Å². The second-order valence-electron chi connectivity index (χ2n) is 5.66. The van der Waals surface area contributed by atoms with Gasteiger partial charge in [0.1, 0.15) is 0 Å². The molecule has 0 aliphatic carbocycles. The molecule has 1 aromatic heterocycles. The van der Waals surface area contributed by atoms with Crippen molar-refractivity contribution in [3.63, 3.8) is 0 Å². The maximum atomic E-state index is 11.0. The fourth-order valence-corrected chi connectivity index (χ4v) is 3.13. The van der Waals surface area contributed by atoms with Crippen molar-refractivity contribution in [1.29, 1.82) is 0 Å². The number of rotatable bonds is 4. The van der Waals surface area contributed by atoms with Crippen molar-refractivity contribution in [3.05, 3.63) is 51.8 Å². The molecule has 0 bridgehead atoms. The number of benzene rings is 1. The Kier molecular flexibility index (Phi) is 5.40. The van der Waals surface area contributed by atoms with Crippen LogP contribution in [0.15, 0.2) is 30.5 Å². The fourth-order valence-electron chi connectivity index (χ4n) is 2.82. The third kappa shape index (κ3) is 3.89. The van der Waals surface area contributed by atoms with Crippen LogP contribution in [0.3, 0.4) is 0 Å². The van der Waals surface area contributed by atoms with Crippen molar-refractivity contribution in [3.8, 4) is 0 Å². The average Bonchev–Trinajstić information content (AvgIpc) is 2.90. The molecular weight excluding hydrogens is 353 g/mol. The van der Waals surface area contributed by atoms with E-state index in [9.17, 15) is 4.79 Å². The second kappa shape index (κ2) is 7.53. The molecule has 2 aromatic rings. The van der Waals surface area contributed by atoms with Gasteiger partial charge in [0.05, 0.1) is 22.8 Å². The number of ether oxygens (including phenoxy) is 1. The summed E-state index contributed by atoms with van der Waals surface area (Å²) >= 11 is 12.1. The smallest absolute Gasteiger partial charge is 0.356 e. The SMILES string of the molecule is O=C(O)c1ccn(CC2CNCCOC2c2ccc(Cl)c(Cl)c2)n1. The largest absolute Gasteiger partial charge is 0.476 e. The monoisotopic (exact) mass is 369 g/mol. The van der Waals surface area contributed by atoms with Crippen LogP contribution in [0.4, 0.5) is 0 Å². The number of hydrogen-bond acceptors (Lipinski definition) is 4. The van der Waals surface area contributed by atoms with Crippen LogP contribution in [0.1, 0.15) is 22.2 Å². The van der Waals surface area contributed by atoms with Gasteiger partial charge in [-0.2, -0.15) is 5.10 Å².